The highest BCUT2D eigenvalue weighted by Gasteiger charge is 2.13. The number of carbonyl (C=O) groups is 1. The molecule has 0 spiro atoms. The molecule has 0 saturated carbocycles. The highest BCUT2D eigenvalue weighted by Crippen LogP contribution is 2.09. The number of hydrogen-bond donors (Lipinski definition) is 0. The third-order valence-electron chi connectivity index (χ3n) is 2.43. The van der Waals surface area contributed by atoms with Crippen LogP contribution >= 0.6 is 12.2 Å². The highest BCUT2D eigenvalue weighted by molar-refractivity contribution is 7.80. The van der Waals surface area contributed by atoms with Gasteiger partial charge in [-0.2, -0.15) is 0 Å². The van der Waals surface area contributed by atoms with Gasteiger partial charge < -0.3 is 9.47 Å². The van der Waals surface area contributed by atoms with Gasteiger partial charge in [0.05, 0.1) is 13.2 Å². The van der Waals surface area contributed by atoms with Gasteiger partial charge in [0.25, 0.3) is 0 Å². The fraction of sp³-hybridized carbons (Fsp3) is 0.846. The van der Waals surface area contributed by atoms with Gasteiger partial charge in [0.15, 0.2) is 5.05 Å². The maximum absolute atomic E-state index is 11.4. The van der Waals surface area contributed by atoms with Gasteiger partial charge in [0, 0.05) is 20.9 Å². The van der Waals surface area contributed by atoms with Crippen LogP contribution < -0.4 is 0 Å². The molecule has 0 bridgehead atoms. The Morgan fingerprint density at radius 1 is 1.11 bits per heavy atom. The van der Waals surface area contributed by atoms with E-state index in [2.05, 4.69) is 19.6 Å². The molecule has 0 atom stereocenters. The lowest BCUT2D eigenvalue weighted by Gasteiger charge is -2.15. The molecule has 5 heteroatoms. The fourth-order valence-corrected chi connectivity index (χ4v) is 2.29. The van der Waals surface area contributed by atoms with Crippen LogP contribution in [0.5, 0.6) is 0 Å². The van der Waals surface area contributed by atoms with E-state index in [4.69, 9.17) is 21.7 Å². The van der Waals surface area contributed by atoms with Crippen molar-refractivity contribution < 1.29 is 14.3 Å². The number of rotatable bonds is 9. The Balaban J connectivity index is 3.46. The predicted molar refractivity (Wildman–Crippen MR) is 81.8 cm³/mol. The quantitative estimate of drug-likeness (QED) is 0.280. The zero-order valence-corrected chi connectivity index (χ0v) is 13.9. The molecule has 0 N–H and O–H groups in total. The van der Waals surface area contributed by atoms with E-state index >= 15 is 0 Å². The van der Waals surface area contributed by atoms with Crippen molar-refractivity contribution in [3.05, 3.63) is 0 Å². The van der Waals surface area contributed by atoms with Crippen LogP contribution in [0, 0.1) is 0 Å². The van der Waals surface area contributed by atoms with Gasteiger partial charge in [-0.15, -0.1) is 0 Å². The summed E-state index contributed by atoms with van der Waals surface area (Å²) in [6.07, 6.45) is 2.95. The molecule has 3 nitrogen and oxygen atoms in total. The second-order valence-corrected chi connectivity index (χ2v) is 11.6. The lowest BCUT2D eigenvalue weighted by Crippen LogP contribution is -2.22. The van der Waals surface area contributed by atoms with Crippen LogP contribution in [0.25, 0.3) is 0 Å². The van der Waals surface area contributed by atoms with E-state index in [9.17, 15) is 4.79 Å². The molecule has 0 unspecified atom stereocenters. The highest BCUT2D eigenvalue weighted by atomic mass is 32.1. The summed E-state index contributed by atoms with van der Waals surface area (Å²) in [4.78, 5) is 11.4. The minimum Gasteiger partial charge on any atom is -0.487 e. The topological polar surface area (TPSA) is 35.5 Å². The van der Waals surface area contributed by atoms with Crippen LogP contribution in [0.1, 0.15) is 32.6 Å². The Morgan fingerprint density at radius 3 is 2.28 bits per heavy atom. The van der Waals surface area contributed by atoms with Gasteiger partial charge in [-0.3, -0.25) is 4.79 Å². The van der Waals surface area contributed by atoms with E-state index in [1.165, 1.54) is 0 Å². The number of carbonyl (C=O) groups excluding carboxylic acids is 1. The maximum atomic E-state index is 11.4. The van der Waals surface area contributed by atoms with E-state index in [-0.39, 0.29) is 5.97 Å². The summed E-state index contributed by atoms with van der Waals surface area (Å²) in [6, 6.07) is 1.03. The molecule has 18 heavy (non-hydrogen) atoms. The lowest BCUT2D eigenvalue weighted by atomic mass is 10.2. The van der Waals surface area contributed by atoms with E-state index in [0.717, 1.165) is 25.3 Å². The van der Waals surface area contributed by atoms with Gasteiger partial charge >= 0.3 is 5.97 Å². The zero-order valence-electron chi connectivity index (χ0n) is 12.1. The van der Waals surface area contributed by atoms with Crippen molar-refractivity contribution in [1.82, 2.24) is 0 Å². The zero-order chi connectivity index (χ0) is 14.0. The monoisotopic (exact) mass is 290 g/mol. The van der Waals surface area contributed by atoms with Crippen molar-refractivity contribution in [2.24, 2.45) is 0 Å². The normalized spacial score (nSPS) is 11.1. The van der Waals surface area contributed by atoms with E-state index < -0.39 is 8.07 Å². The van der Waals surface area contributed by atoms with Crippen molar-refractivity contribution in [2.45, 2.75) is 58.3 Å². The molecular formula is C13H26O3SSi. The Bertz CT molecular complexity index is 261. The Kier molecular flexibility index (Phi) is 9.28. The van der Waals surface area contributed by atoms with E-state index in [1.807, 2.05) is 6.92 Å². The number of esters is 1. The first-order chi connectivity index (χ1) is 8.35. The third kappa shape index (κ3) is 12.0. The second kappa shape index (κ2) is 9.50. The van der Waals surface area contributed by atoms with Crippen LogP contribution in [0.2, 0.25) is 25.7 Å². The average molecular weight is 291 g/mol. The number of thiocarbonyl (C=S) groups is 1. The smallest absolute Gasteiger partial charge is 0.305 e. The van der Waals surface area contributed by atoms with Crippen LogP contribution in [0.4, 0.5) is 0 Å². The molecule has 0 amide bonds. The summed E-state index contributed by atoms with van der Waals surface area (Å²) in [7, 11) is -1.10. The molecular weight excluding hydrogens is 264 g/mol. The first-order valence-corrected chi connectivity index (χ1v) is 10.8. The second-order valence-electron chi connectivity index (χ2n) is 5.54. The largest absolute Gasteiger partial charge is 0.487 e. The molecule has 0 aliphatic rings. The summed E-state index contributed by atoms with van der Waals surface area (Å²) >= 11 is 5.01. The molecule has 0 aliphatic heterocycles. The van der Waals surface area contributed by atoms with Crippen molar-refractivity contribution in [3.8, 4) is 0 Å². The lowest BCUT2D eigenvalue weighted by molar-refractivity contribution is -0.143. The molecule has 106 valence electrons. The predicted octanol–water partition coefficient (Wildman–Crippen LogP) is 3.79. The van der Waals surface area contributed by atoms with Gasteiger partial charge in [-0.25, -0.2) is 0 Å². The molecule has 0 heterocycles. The number of ether oxygens (including phenoxy) is 2. The molecule has 0 radical (unpaired) electrons. The maximum Gasteiger partial charge on any atom is 0.305 e. The van der Waals surface area contributed by atoms with Gasteiger partial charge in [0.2, 0.25) is 0 Å². The van der Waals surface area contributed by atoms with E-state index in [0.29, 0.717) is 24.7 Å². The summed E-state index contributed by atoms with van der Waals surface area (Å²) in [5, 5.41) is 0.643. The molecule has 0 aromatic carbocycles. The molecule has 0 fully saturated rings. The fourth-order valence-electron chi connectivity index (χ4n) is 1.32. The van der Waals surface area contributed by atoms with Gasteiger partial charge in [-0.1, -0.05) is 19.6 Å². The first kappa shape index (κ1) is 17.6. The summed E-state index contributed by atoms with van der Waals surface area (Å²) in [6.45, 7) is 9.94. The SMILES string of the molecule is CCOC(=S)CCCCC(=O)OCC[Si](C)(C)C. The standard InChI is InChI=1S/C13H26O3SSi/c1-5-15-13(17)9-7-6-8-12(14)16-10-11-18(2,3)4/h5-11H2,1-4H3. The molecule has 0 aromatic heterocycles. The van der Waals surface area contributed by atoms with Crippen LogP contribution in [0.3, 0.4) is 0 Å². The van der Waals surface area contributed by atoms with Gasteiger partial charge in [-0.05, 0) is 38.0 Å². The molecule has 0 aromatic rings. The van der Waals surface area contributed by atoms with Crippen LogP contribution in [0.15, 0.2) is 0 Å². The summed E-state index contributed by atoms with van der Waals surface area (Å²) in [5.74, 6) is -0.0874. The Hall–Kier alpha value is -0.423. The summed E-state index contributed by atoms with van der Waals surface area (Å²) < 4.78 is 10.4. The molecule has 0 rings (SSSR count). The average Bonchev–Trinajstić information content (AvgIpc) is 2.23. The molecule has 0 aliphatic carbocycles. The van der Waals surface area contributed by atoms with Crippen molar-refractivity contribution in [1.29, 1.82) is 0 Å². The number of hydrogen-bond acceptors (Lipinski definition) is 4. The summed E-state index contributed by atoms with van der Waals surface area (Å²) in [5.41, 5.74) is 0. The van der Waals surface area contributed by atoms with Crippen molar-refractivity contribution in [3.63, 3.8) is 0 Å². The van der Waals surface area contributed by atoms with Gasteiger partial charge in [0.1, 0.15) is 0 Å². The minimum absolute atomic E-state index is 0.0874. The Morgan fingerprint density at radius 2 is 1.72 bits per heavy atom. The first-order valence-electron chi connectivity index (χ1n) is 6.66. The minimum atomic E-state index is -1.10. The molecule has 0 saturated heterocycles. The van der Waals surface area contributed by atoms with Crippen LogP contribution in [-0.4, -0.2) is 32.3 Å². The Labute approximate surface area is 117 Å². The number of unbranched alkanes of at least 4 members (excludes halogenated alkanes) is 1. The third-order valence-corrected chi connectivity index (χ3v) is 4.46. The van der Waals surface area contributed by atoms with Crippen molar-refractivity contribution in [2.75, 3.05) is 13.2 Å². The van der Waals surface area contributed by atoms with Crippen LogP contribution in [-0.2, 0) is 14.3 Å². The van der Waals surface area contributed by atoms with Crippen molar-refractivity contribution >= 4 is 31.3 Å². The van der Waals surface area contributed by atoms with E-state index in [1.54, 1.807) is 0 Å².